The highest BCUT2D eigenvalue weighted by Gasteiger charge is 2.28. The average Bonchev–Trinajstić information content (AvgIpc) is 2.43. The van der Waals surface area contributed by atoms with E-state index in [0.29, 0.717) is 11.8 Å². The molecule has 1 rings (SSSR count). The van der Waals surface area contributed by atoms with Crippen LogP contribution in [-0.4, -0.2) is 7.11 Å². The van der Waals surface area contributed by atoms with Gasteiger partial charge in [-0.25, -0.2) is 0 Å². The third-order valence-corrected chi connectivity index (χ3v) is 4.58. The molecule has 1 nitrogen and oxygen atoms in total. The second-order valence-corrected chi connectivity index (χ2v) is 8.62. The minimum absolute atomic E-state index is 0.0424. The summed E-state index contributed by atoms with van der Waals surface area (Å²) < 4.78 is 5.84. The lowest BCUT2D eigenvalue weighted by Gasteiger charge is -2.31. The molecule has 1 aromatic rings. The topological polar surface area (TPSA) is 9.23 Å². The summed E-state index contributed by atoms with van der Waals surface area (Å²) in [7, 11) is 1.79. The van der Waals surface area contributed by atoms with E-state index >= 15 is 0 Å². The monoisotopic (exact) mass is 314 g/mol. The lowest BCUT2D eigenvalue weighted by Crippen LogP contribution is -2.20. The summed E-state index contributed by atoms with van der Waals surface area (Å²) in [5.41, 5.74) is 4.01. The van der Waals surface area contributed by atoms with Gasteiger partial charge in [-0.15, -0.1) is 5.92 Å². The van der Waals surface area contributed by atoms with Gasteiger partial charge in [0.15, 0.2) is 0 Å². The van der Waals surface area contributed by atoms with Gasteiger partial charge in [-0.05, 0) is 29.2 Å². The van der Waals surface area contributed by atoms with Crippen LogP contribution in [0.15, 0.2) is 12.1 Å². The zero-order valence-electron chi connectivity index (χ0n) is 16.7. The molecule has 0 amide bonds. The van der Waals surface area contributed by atoms with Crippen molar-refractivity contribution in [2.75, 3.05) is 7.11 Å². The van der Waals surface area contributed by atoms with Crippen LogP contribution < -0.4 is 4.74 Å². The number of methoxy groups -OCH3 is 1. The van der Waals surface area contributed by atoms with Gasteiger partial charge in [-0.1, -0.05) is 73.4 Å². The van der Waals surface area contributed by atoms with E-state index in [0.717, 1.165) is 5.75 Å². The molecular formula is C22H34O. The summed E-state index contributed by atoms with van der Waals surface area (Å²) in [6, 6.07) is 4.65. The highest BCUT2D eigenvalue weighted by molar-refractivity contribution is 5.51. The van der Waals surface area contributed by atoms with Crippen LogP contribution in [0.4, 0.5) is 0 Å². The maximum absolute atomic E-state index is 5.84. The fourth-order valence-corrected chi connectivity index (χ4v) is 2.89. The van der Waals surface area contributed by atoms with Crippen LogP contribution in [0, 0.1) is 17.8 Å². The second kappa shape index (κ2) is 7.00. The first-order valence-corrected chi connectivity index (χ1v) is 8.58. The molecule has 1 aromatic carbocycles. The van der Waals surface area contributed by atoms with Crippen LogP contribution in [0.2, 0.25) is 0 Å². The molecule has 0 N–H and O–H groups in total. The molecule has 0 heterocycles. The lowest BCUT2D eigenvalue weighted by atomic mass is 9.76. The normalized spacial score (nSPS) is 14.7. The van der Waals surface area contributed by atoms with Gasteiger partial charge in [0.05, 0.1) is 7.11 Å². The van der Waals surface area contributed by atoms with Gasteiger partial charge in [0, 0.05) is 17.0 Å². The zero-order valence-corrected chi connectivity index (χ0v) is 16.7. The Bertz CT molecular complexity index is 565. The van der Waals surface area contributed by atoms with Gasteiger partial charge in [0.25, 0.3) is 0 Å². The van der Waals surface area contributed by atoms with Crippen molar-refractivity contribution >= 4 is 0 Å². The van der Waals surface area contributed by atoms with Gasteiger partial charge in [-0.3, -0.25) is 0 Å². The Labute approximate surface area is 143 Å². The molecule has 128 valence electrons. The first-order chi connectivity index (χ1) is 10.4. The Morgan fingerprint density at radius 3 is 1.65 bits per heavy atom. The van der Waals surface area contributed by atoms with Crippen molar-refractivity contribution < 1.29 is 4.74 Å². The second-order valence-electron chi connectivity index (χ2n) is 8.62. The highest BCUT2D eigenvalue weighted by atomic mass is 16.5. The van der Waals surface area contributed by atoms with E-state index in [4.69, 9.17) is 4.74 Å². The molecule has 0 fully saturated rings. The largest absolute Gasteiger partial charge is 0.496 e. The van der Waals surface area contributed by atoms with Crippen molar-refractivity contribution in [3.63, 3.8) is 0 Å². The van der Waals surface area contributed by atoms with Crippen LogP contribution in [0.25, 0.3) is 0 Å². The van der Waals surface area contributed by atoms with Crippen molar-refractivity contribution in [3.05, 3.63) is 28.8 Å². The molecule has 2 unspecified atom stereocenters. The molecule has 0 saturated carbocycles. The van der Waals surface area contributed by atoms with Gasteiger partial charge in [-0.2, -0.15) is 0 Å². The number of benzene rings is 1. The Hall–Kier alpha value is -1.42. The van der Waals surface area contributed by atoms with Crippen molar-refractivity contribution in [2.24, 2.45) is 5.92 Å². The average molecular weight is 315 g/mol. The fraction of sp³-hybridized carbons (Fsp3) is 0.636. The minimum Gasteiger partial charge on any atom is -0.496 e. The molecule has 23 heavy (non-hydrogen) atoms. The Morgan fingerprint density at radius 1 is 0.913 bits per heavy atom. The van der Waals surface area contributed by atoms with Crippen LogP contribution in [-0.2, 0) is 10.8 Å². The van der Waals surface area contributed by atoms with Crippen molar-refractivity contribution in [1.29, 1.82) is 0 Å². The van der Waals surface area contributed by atoms with Crippen LogP contribution in [0.5, 0.6) is 5.75 Å². The molecule has 0 bridgehead atoms. The predicted octanol–water partition coefficient (Wildman–Crippen LogP) is 6.05. The van der Waals surface area contributed by atoms with Crippen LogP contribution in [0.1, 0.15) is 84.9 Å². The zero-order chi connectivity index (χ0) is 18.0. The van der Waals surface area contributed by atoms with Crippen molar-refractivity contribution in [1.82, 2.24) is 0 Å². The summed E-state index contributed by atoms with van der Waals surface area (Å²) >= 11 is 0. The maximum Gasteiger partial charge on any atom is 0.126 e. The molecule has 0 aliphatic rings. The fourth-order valence-electron chi connectivity index (χ4n) is 2.89. The summed E-state index contributed by atoms with van der Waals surface area (Å²) in [5, 5.41) is 0. The maximum atomic E-state index is 5.84. The first-order valence-electron chi connectivity index (χ1n) is 8.58. The molecule has 0 saturated heterocycles. The van der Waals surface area contributed by atoms with E-state index in [-0.39, 0.29) is 10.8 Å². The van der Waals surface area contributed by atoms with Gasteiger partial charge in [0.2, 0.25) is 0 Å². The van der Waals surface area contributed by atoms with E-state index < -0.39 is 0 Å². The van der Waals surface area contributed by atoms with Crippen molar-refractivity contribution in [2.45, 2.75) is 79.1 Å². The smallest absolute Gasteiger partial charge is 0.126 e. The molecule has 2 atom stereocenters. The minimum atomic E-state index is 0.0424. The molecular weight excluding hydrogens is 280 g/mol. The number of ether oxygens (including phenoxy) is 1. The van der Waals surface area contributed by atoms with Gasteiger partial charge in [0.1, 0.15) is 5.75 Å². The number of hydrogen-bond acceptors (Lipinski definition) is 1. The molecule has 1 heteroatoms. The molecule has 0 aromatic heterocycles. The third-order valence-electron chi connectivity index (χ3n) is 4.58. The van der Waals surface area contributed by atoms with E-state index in [1.54, 1.807) is 7.11 Å². The van der Waals surface area contributed by atoms with Gasteiger partial charge >= 0.3 is 0 Å². The number of rotatable bonds is 3. The summed E-state index contributed by atoms with van der Waals surface area (Å²) in [4.78, 5) is 0. The summed E-state index contributed by atoms with van der Waals surface area (Å²) in [5.74, 6) is 8.14. The van der Waals surface area contributed by atoms with E-state index in [2.05, 4.69) is 79.4 Å². The SMILES string of the molecule is CC#CC(C)C(C)c1cc(C(C)(C)C)c(OC)c(C(C)(C)C)c1. The first kappa shape index (κ1) is 19.6. The van der Waals surface area contributed by atoms with Crippen LogP contribution in [0.3, 0.4) is 0 Å². The predicted molar refractivity (Wildman–Crippen MR) is 101 cm³/mol. The molecule has 0 radical (unpaired) electrons. The Balaban J connectivity index is 3.65. The summed E-state index contributed by atoms with van der Waals surface area (Å²) in [6.45, 7) is 19.9. The number of hydrogen-bond donors (Lipinski definition) is 0. The summed E-state index contributed by atoms with van der Waals surface area (Å²) in [6.07, 6.45) is 0. The third kappa shape index (κ3) is 4.54. The highest BCUT2D eigenvalue weighted by Crippen LogP contribution is 2.42. The molecule has 0 aliphatic heterocycles. The Kier molecular flexibility index (Phi) is 5.97. The Morgan fingerprint density at radius 2 is 1.35 bits per heavy atom. The quantitative estimate of drug-likeness (QED) is 0.617. The molecule has 0 spiro atoms. The van der Waals surface area contributed by atoms with E-state index in [1.807, 2.05) is 6.92 Å². The molecule has 0 aliphatic carbocycles. The standard InChI is InChI=1S/C22H34O/c1-11-12-15(2)16(3)17-13-18(21(4,5)6)20(23-10)19(14-17)22(7,8)9/h13-16H,1-10H3. The van der Waals surface area contributed by atoms with E-state index in [1.165, 1.54) is 16.7 Å². The lowest BCUT2D eigenvalue weighted by molar-refractivity contribution is 0.380. The van der Waals surface area contributed by atoms with Crippen molar-refractivity contribution in [3.8, 4) is 17.6 Å². The van der Waals surface area contributed by atoms with E-state index in [9.17, 15) is 0 Å². The van der Waals surface area contributed by atoms with Crippen LogP contribution >= 0.6 is 0 Å². The van der Waals surface area contributed by atoms with Gasteiger partial charge < -0.3 is 4.74 Å².